The highest BCUT2D eigenvalue weighted by atomic mass is 79.9. The van der Waals surface area contributed by atoms with Gasteiger partial charge in [-0.25, -0.2) is 4.79 Å². The minimum Gasteiger partial charge on any atom is -0.478 e. The van der Waals surface area contributed by atoms with E-state index in [1.165, 1.54) is 0 Å². The van der Waals surface area contributed by atoms with E-state index in [9.17, 15) is 9.59 Å². The van der Waals surface area contributed by atoms with Gasteiger partial charge in [0.1, 0.15) is 0 Å². The lowest BCUT2D eigenvalue weighted by molar-refractivity contribution is -0.131. The number of carboxylic acid groups (broad SMARTS) is 1. The number of nitrogens with one attached hydrogen (secondary N) is 1. The van der Waals surface area contributed by atoms with Crippen molar-refractivity contribution < 1.29 is 14.7 Å². The molecule has 0 aromatic carbocycles. The highest BCUT2D eigenvalue weighted by Crippen LogP contribution is 2.24. The zero-order valence-electron chi connectivity index (χ0n) is 11.4. The summed E-state index contributed by atoms with van der Waals surface area (Å²) in [5.41, 5.74) is 1.15. The predicted molar refractivity (Wildman–Crippen MR) is 85.2 cm³/mol. The van der Waals surface area contributed by atoms with Crippen molar-refractivity contribution in [1.82, 2.24) is 5.32 Å². The molecule has 6 heteroatoms. The van der Waals surface area contributed by atoms with E-state index in [1.807, 2.05) is 6.92 Å². The number of amides is 1. The first-order valence-electron chi connectivity index (χ1n) is 6.33. The molecule has 0 fully saturated rings. The van der Waals surface area contributed by atoms with Crippen molar-refractivity contribution >= 4 is 36.9 Å². The Morgan fingerprint density at radius 3 is 2.90 bits per heavy atom. The van der Waals surface area contributed by atoms with Crippen LogP contribution in [0, 0.1) is 11.8 Å². The van der Waals surface area contributed by atoms with Gasteiger partial charge in [-0.2, -0.15) is 0 Å². The topological polar surface area (TPSA) is 66.4 Å². The number of halogens is 1. The summed E-state index contributed by atoms with van der Waals surface area (Å²) < 4.78 is 0. The van der Waals surface area contributed by atoms with Crippen LogP contribution < -0.4 is 5.32 Å². The van der Waals surface area contributed by atoms with Crippen LogP contribution in [0.1, 0.15) is 26.7 Å². The number of aliphatic carboxylic acids is 1. The average molecular weight is 360 g/mol. The van der Waals surface area contributed by atoms with Crippen LogP contribution in [0.2, 0.25) is 0 Å². The lowest BCUT2D eigenvalue weighted by Gasteiger charge is -2.16. The van der Waals surface area contributed by atoms with Gasteiger partial charge in [0, 0.05) is 5.92 Å². The molecule has 1 aliphatic rings. The molecule has 20 heavy (non-hydrogen) atoms. The molecule has 4 nitrogen and oxygen atoms in total. The fourth-order valence-corrected chi connectivity index (χ4v) is 2.75. The van der Waals surface area contributed by atoms with Crippen molar-refractivity contribution in [2.24, 2.45) is 11.8 Å². The molecule has 0 aromatic rings. The van der Waals surface area contributed by atoms with Gasteiger partial charge in [-0.1, -0.05) is 37.6 Å². The average Bonchev–Trinajstić information content (AvgIpc) is 2.37. The van der Waals surface area contributed by atoms with E-state index in [1.54, 1.807) is 0 Å². The summed E-state index contributed by atoms with van der Waals surface area (Å²) in [6, 6.07) is 0. The van der Waals surface area contributed by atoms with Crippen LogP contribution in [0.15, 0.2) is 34.9 Å². The molecule has 1 aliphatic carbocycles. The van der Waals surface area contributed by atoms with Gasteiger partial charge in [0.05, 0.1) is 11.1 Å². The maximum Gasteiger partial charge on any atom is 0.330 e. The Kier molecular flexibility index (Phi) is 7.09. The number of allylic oxidation sites excluding steroid dienone is 4. The lowest BCUT2D eigenvalue weighted by atomic mass is 9.92. The van der Waals surface area contributed by atoms with Gasteiger partial charge < -0.3 is 10.4 Å². The molecule has 2 N–H and O–H groups in total. The molecule has 0 radical (unpaired) electrons. The molecule has 0 aromatic heterocycles. The number of hydrogen-bond donors (Lipinski definition) is 2. The van der Waals surface area contributed by atoms with Crippen LogP contribution >= 0.6 is 25.0 Å². The summed E-state index contributed by atoms with van der Waals surface area (Å²) in [5.74, 6) is -0.984. The third-order valence-electron chi connectivity index (χ3n) is 2.91. The first-order chi connectivity index (χ1) is 9.42. The van der Waals surface area contributed by atoms with E-state index in [2.05, 4.69) is 45.3 Å². The zero-order valence-corrected chi connectivity index (χ0v) is 13.8. The van der Waals surface area contributed by atoms with Crippen LogP contribution in [-0.4, -0.2) is 17.0 Å². The third kappa shape index (κ3) is 5.96. The second kappa shape index (κ2) is 8.32. The maximum absolute atomic E-state index is 12.0. The molecule has 0 spiro atoms. The second-order valence-electron chi connectivity index (χ2n) is 4.88. The number of rotatable bonds is 6. The van der Waals surface area contributed by atoms with Gasteiger partial charge in [-0.15, -0.1) is 0 Å². The van der Waals surface area contributed by atoms with Gasteiger partial charge >= 0.3 is 5.97 Å². The van der Waals surface area contributed by atoms with E-state index < -0.39 is 5.97 Å². The van der Waals surface area contributed by atoms with Crippen LogP contribution in [0.4, 0.5) is 0 Å². The summed E-state index contributed by atoms with van der Waals surface area (Å²) in [4.78, 5) is 22.6. The minimum atomic E-state index is -1.09. The van der Waals surface area contributed by atoms with E-state index in [-0.39, 0.29) is 16.9 Å². The van der Waals surface area contributed by atoms with Crippen molar-refractivity contribution in [2.45, 2.75) is 26.7 Å². The largest absolute Gasteiger partial charge is 0.478 e. The zero-order chi connectivity index (χ0) is 15.1. The van der Waals surface area contributed by atoms with Gasteiger partial charge in [-0.3, -0.25) is 4.79 Å². The van der Waals surface area contributed by atoms with Gasteiger partial charge in [0.25, 0.3) is 0 Å². The Bertz CT molecular complexity index is 471. The number of hydrogen-bond acceptors (Lipinski definition) is 3. The number of carbonyl (C=O) groups excluding carboxylic acids is 1. The van der Waals surface area contributed by atoms with Crippen molar-refractivity contribution in [3.05, 3.63) is 34.9 Å². The van der Waals surface area contributed by atoms with E-state index in [0.717, 1.165) is 28.3 Å². The van der Waals surface area contributed by atoms with Gasteiger partial charge in [-0.05, 0) is 43.8 Å². The van der Waals surface area contributed by atoms with Crippen LogP contribution in [0.3, 0.4) is 0 Å². The molecule has 1 rings (SSSR count). The molecular weight excluding hydrogens is 342 g/mol. The van der Waals surface area contributed by atoms with Crippen molar-refractivity contribution in [3.8, 4) is 0 Å². The monoisotopic (exact) mass is 359 g/mol. The Morgan fingerprint density at radius 1 is 1.65 bits per heavy atom. The SMILES string of the molecule is CC1C=C(CC(C)C(=O)N/C(=C\C(=O)O)SBr)C=CC1. The van der Waals surface area contributed by atoms with Gasteiger partial charge in [0.2, 0.25) is 5.91 Å². The Morgan fingerprint density at radius 2 is 2.35 bits per heavy atom. The Hall–Kier alpha value is -1.01. The summed E-state index contributed by atoms with van der Waals surface area (Å²) >= 11 is 3.08. The Labute approximate surface area is 130 Å². The molecule has 2 atom stereocenters. The normalized spacial score (nSPS) is 20.2. The summed E-state index contributed by atoms with van der Waals surface area (Å²) in [7, 11) is 1.02. The first kappa shape index (κ1) is 17.0. The van der Waals surface area contributed by atoms with E-state index in [0.29, 0.717) is 12.3 Å². The fourth-order valence-electron chi connectivity index (χ4n) is 1.94. The van der Waals surface area contributed by atoms with E-state index in [4.69, 9.17) is 5.11 Å². The quantitative estimate of drug-likeness (QED) is 0.710. The lowest BCUT2D eigenvalue weighted by Crippen LogP contribution is -2.28. The molecule has 0 heterocycles. The smallest absolute Gasteiger partial charge is 0.330 e. The molecule has 0 saturated carbocycles. The van der Waals surface area contributed by atoms with E-state index >= 15 is 0 Å². The number of carbonyl (C=O) groups is 2. The summed E-state index contributed by atoms with van der Waals surface area (Å²) in [6.45, 7) is 3.98. The van der Waals surface area contributed by atoms with Crippen molar-refractivity contribution in [1.29, 1.82) is 0 Å². The molecule has 0 bridgehead atoms. The van der Waals surface area contributed by atoms with Gasteiger partial charge in [0.15, 0.2) is 0 Å². The molecular formula is C14H18BrNO3S. The molecule has 0 aliphatic heterocycles. The molecule has 0 saturated heterocycles. The Balaban J connectivity index is 2.59. The molecule has 2 unspecified atom stereocenters. The summed E-state index contributed by atoms with van der Waals surface area (Å²) in [5, 5.41) is 11.6. The predicted octanol–water partition coefficient (Wildman–Crippen LogP) is 3.62. The highest BCUT2D eigenvalue weighted by Gasteiger charge is 2.17. The highest BCUT2D eigenvalue weighted by molar-refractivity contribution is 9.50. The standard InChI is InChI=1S/C14H18BrNO3S/c1-9-4-3-5-11(6-9)7-10(2)14(19)16-12(20-15)8-13(17)18/h3,5-6,8-10H,4,7H2,1-2H3,(H,16,19)(H,17,18)/b12-8+. The first-order valence-corrected chi connectivity index (χ1v) is 8.99. The maximum atomic E-state index is 12.0. The molecule has 110 valence electrons. The van der Waals surface area contributed by atoms with Crippen molar-refractivity contribution in [2.75, 3.05) is 0 Å². The second-order valence-corrected chi connectivity index (χ2v) is 6.44. The fraction of sp³-hybridized carbons (Fsp3) is 0.429. The summed E-state index contributed by atoms with van der Waals surface area (Å²) in [6.07, 6.45) is 9.00. The van der Waals surface area contributed by atoms with Crippen LogP contribution in [0.5, 0.6) is 0 Å². The number of carboxylic acids is 1. The molecule has 1 amide bonds. The third-order valence-corrected chi connectivity index (χ3v) is 4.34. The van der Waals surface area contributed by atoms with Crippen molar-refractivity contribution in [3.63, 3.8) is 0 Å². The van der Waals surface area contributed by atoms with Crippen LogP contribution in [0.25, 0.3) is 0 Å². The van der Waals surface area contributed by atoms with Crippen LogP contribution in [-0.2, 0) is 9.59 Å². The minimum absolute atomic E-state index is 0.183.